The third-order valence-electron chi connectivity index (χ3n) is 3.93. The summed E-state index contributed by atoms with van der Waals surface area (Å²) in [5.74, 6) is 0.554. The van der Waals surface area contributed by atoms with Crippen LogP contribution in [0.4, 0.5) is 5.69 Å². The van der Waals surface area contributed by atoms with E-state index in [2.05, 4.69) is 4.72 Å². The lowest BCUT2D eigenvalue weighted by atomic mass is 10.1. The molecule has 2 aromatic carbocycles. The van der Waals surface area contributed by atoms with Crippen molar-refractivity contribution in [3.05, 3.63) is 74.4 Å². The monoisotopic (exact) mass is 505 g/mol. The Morgan fingerprint density at radius 2 is 1.83 bits per heavy atom. The standard InChI is InChI=1S/C19H17Cl2N3O3S2.ClH/c20-17-11-16(18(21)28-17)29(25,26)24-14-2-1-3-15(10-14)27-9-8-12-4-6-13(7-5-12)19(22)23;/h1-7,10-11,24H,8-9H2,(H3,22,23);1H. The van der Waals surface area contributed by atoms with Gasteiger partial charge in [-0.25, -0.2) is 8.42 Å². The van der Waals surface area contributed by atoms with Crippen LogP contribution in [0.15, 0.2) is 59.5 Å². The van der Waals surface area contributed by atoms with E-state index in [-0.39, 0.29) is 27.5 Å². The predicted octanol–water partition coefficient (Wildman–Crippen LogP) is 5.18. The van der Waals surface area contributed by atoms with Crippen molar-refractivity contribution in [2.75, 3.05) is 11.3 Å². The van der Waals surface area contributed by atoms with E-state index in [1.807, 2.05) is 12.1 Å². The van der Waals surface area contributed by atoms with Crippen LogP contribution in [0.2, 0.25) is 8.67 Å². The maximum absolute atomic E-state index is 12.5. The number of hydrogen-bond acceptors (Lipinski definition) is 5. The molecule has 3 rings (SSSR count). The fourth-order valence-corrected chi connectivity index (χ4v) is 5.71. The largest absolute Gasteiger partial charge is 0.493 e. The zero-order valence-corrected chi connectivity index (χ0v) is 19.4. The van der Waals surface area contributed by atoms with E-state index in [1.54, 1.807) is 36.4 Å². The van der Waals surface area contributed by atoms with Crippen molar-refractivity contribution in [1.82, 2.24) is 0 Å². The van der Waals surface area contributed by atoms with E-state index >= 15 is 0 Å². The SMILES string of the molecule is Cl.N=C(N)c1ccc(CCOc2cccc(NS(=O)(=O)c3cc(Cl)sc3Cl)c2)cc1. The second-order valence-corrected chi connectivity index (χ2v) is 9.97. The maximum atomic E-state index is 12.5. The number of anilines is 1. The van der Waals surface area contributed by atoms with Crippen molar-refractivity contribution in [1.29, 1.82) is 5.41 Å². The van der Waals surface area contributed by atoms with Crippen LogP contribution in [-0.2, 0) is 16.4 Å². The third-order valence-corrected chi connectivity index (χ3v) is 7.06. The average molecular weight is 507 g/mol. The van der Waals surface area contributed by atoms with E-state index < -0.39 is 10.0 Å². The molecule has 4 N–H and O–H groups in total. The van der Waals surface area contributed by atoms with Crippen molar-refractivity contribution in [3.8, 4) is 5.75 Å². The number of rotatable bonds is 8. The topological polar surface area (TPSA) is 105 Å². The zero-order chi connectivity index (χ0) is 21.0. The zero-order valence-electron chi connectivity index (χ0n) is 15.4. The molecule has 0 unspecified atom stereocenters. The summed E-state index contributed by atoms with van der Waals surface area (Å²) in [5.41, 5.74) is 7.50. The van der Waals surface area contributed by atoms with Gasteiger partial charge in [-0.05, 0) is 23.8 Å². The smallest absolute Gasteiger partial charge is 0.264 e. The Hall–Kier alpha value is -1.97. The number of hydrogen-bond donors (Lipinski definition) is 3. The van der Waals surface area contributed by atoms with Crippen LogP contribution in [0.3, 0.4) is 0 Å². The van der Waals surface area contributed by atoms with Gasteiger partial charge in [0.25, 0.3) is 10.0 Å². The molecule has 160 valence electrons. The molecule has 0 spiro atoms. The van der Waals surface area contributed by atoms with Crippen LogP contribution in [0, 0.1) is 5.41 Å². The summed E-state index contributed by atoms with van der Waals surface area (Å²) in [4.78, 5) is -0.0607. The fourth-order valence-electron chi connectivity index (χ4n) is 2.51. The Kier molecular flexibility index (Phi) is 8.40. The van der Waals surface area contributed by atoms with Gasteiger partial charge in [-0.3, -0.25) is 10.1 Å². The number of benzene rings is 2. The van der Waals surface area contributed by atoms with Gasteiger partial charge in [-0.15, -0.1) is 23.7 Å². The number of ether oxygens (including phenoxy) is 1. The molecule has 0 fully saturated rings. The van der Waals surface area contributed by atoms with Crippen molar-refractivity contribution in [3.63, 3.8) is 0 Å². The van der Waals surface area contributed by atoms with Gasteiger partial charge in [0, 0.05) is 18.1 Å². The van der Waals surface area contributed by atoms with E-state index in [1.165, 1.54) is 6.07 Å². The molecule has 0 aliphatic heterocycles. The minimum absolute atomic E-state index is 0. The molecule has 0 amide bonds. The molecule has 0 aliphatic carbocycles. The molecule has 6 nitrogen and oxygen atoms in total. The fraction of sp³-hybridized carbons (Fsp3) is 0.105. The second-order valence-electron chi connectivity index (χ2n) is 6.03. The minimum atomic E-state index is -3.85. The maximum Gasteiger partial charge on any atom is 0.264 e. The molecule has 1 aromatic heterocycles. The summed E-state index contributed by atoms with van der Waals surface area (Å²) < 4.78 is 33.6. The molecule has 3 aromatic rings. The lowest BCUT2D eigenvalue weighted by Crippen LogP contribution is -2.12. The van der Waals surface area contributed by atoms with Crippen LogP contribution in [0.5, 0.6) is 5.75 Å². The summed E-state index contributed by atoms with van der Waals surface area (Å²) in [6, 6.07) is 15.3. The highest BCUT2D eigenvalue weighted by molar-refractivity contribution is 7.93. The third kappa shape index (κ3) is 6.26. The van der Waals surface area contributed by atoms with Gasteiger partial charge >= 0.3 is 0 Å². The highest BCUT2D eigenvalue weighted by atomic mass is 35.5. The van der Waals surface area contributed by atoms with E-state index in [0.717, 1.165) is 16.9 Å². The van der Waals surface area contributed by atoms with Crippen LogP contribution >= 0.6 is 46.9 Å². The molecule has 0 atom stereocenters. The van der Waals surface area contributed by atoms with Crippen molar-refractivity contribution in [2.45, 2.75) is 11.3 Å². The minimum Gasteiger partial charge on any atom is -0.493 e. The lowest BCUT2D eigenvalue weighted by Gasteiger charge is -2.10. The number of nitrogens with one attached hydrogen (secondary N) is 2. The highest BCUT2D eigenvalue weighted by Gasteiger charge is 2.21. The molecule has 11 heteroatoms. The number of nitrogen functional groups attached to an aromatic ring is 1. The quantitative estimate of drug-likeness (QED) is 0.289. The number of halogens is 3. The molecular weight excluding hydrogens is 489 g/mol. The Morgan fingerprint density at radius 3 is 2.43 bits per heavy atom. The number of nitrogens with two attached hydrogens (primary N) is 1. The van der Waals surface area contributed by atoms with Crippen molar-refractivity contribution < 1.29 is 13.2 Å². The van der Waals surface area contributed by atoms with Crippen LogP contribution in [0.25, 0.3) is 0 Å². The van der Waals surface area contributed by atoms with Gasteiger partial charge in [0.2, 0.25) is 0 Å². The molecule has 0 aliphatic rings. The molecule has 0 bridgehead atoms. The Bertz CT molecular complexity index is 1130. The number of sulfonamides is 1. The Balaban J connectivity index is 0.00000320. The first-order valence-corrected chi connectivity index (χ1v) is 11.4. The van der Waals surface area contributed by atoms with Crippen LogP contribution in [-0.4, -0.2) is 20.9 Å². The van der Waals surface area contributed by atoms with Gasteiger partial charge in [0.15, 0.2) is 0 Å². The average Bonchev–Trinajstić information content (AvgIpc) is 3.01. The summed E-state index contributed by atoms with van der Waals surface area (Å²) in [6.45, 7) is 0.404. The lowest BCUT2D eigenvalue weighted by molar-refractivity contribution is 0.322. The normalized spacial score (nSPS) is 10.9. The first-order chi connectivity index (χ1) is 13.7. The van der Waals surface area contributed by atoms with Gasteiger partial charge in [0.1, 0.15) is 20.8 Å². The molecular formula is C19H18Cl3N3O3S2. The van der Waals surface area contributed by atoms with E-state index in [0.29, 0.717) is 34.4 Å². The van der Waals surface area contributed by atoms with Gasteiger partial charge in [-0.2, -0.15) is 0 Å². The first kappa shape index (κ1) is 24.3. The number of thiophene rings is 1. The summed E-state index contributed by atoms with van der Waals surface area (Å²) in [7, 11) is -3.85. The van der Waals surface area contributed by atoms with Crippen molar-refractivity contribution >= 4 is 68.5 Å². The first-order valence-electron chi connectivity index (χ1n) is 8.38. The Labute approximate surface area is 194 Å². The summed E-state index contributed by atoms with van der Waals surface area (Å²) in [5, 5.41) is 7.40. The Morgan fingerprint density at radius 1 is 1.13 bits per heavy atom. The second kappa shape index (κ2) is 10.4. The van der Waals surface area contributed by atoms with Crippen molar-refractivity contribution in [2.24, 2.45) is 5.73 Å². The van der Waals surface area contributed by atoms with Crippen LogP contribution in [0.1, 0.15) is 11.1 Å². The van der Waals surface area contributed by atoms with E-state index in [9.17, 15) is 8.42 Å². The van der Waals surface area contributed by atoms with Gasteiger partial charge in [-0.1, -0.05) is 53.5 Å². The molecule has 1 heterocycles. The van der Waals surface area contributed by atoms with Gasteiger partial charge in [0.05, 0.1) is 16.6 Å². The summed E-state index contributed by atoms with van der Waals surface area (Å²) in [6.07, 6.45) is 0.650. The molecule has 0 saturated heterocycles. The molecule has 30 heavy (non-hydrogen) atoms. The van der Waals surface area contributed by atoms with E-state index in [4.69, 9.17) is 39.1 Å². The predicted molar refractivity (Wildman–Crippen MR) is 125 cm³/mol. The van der Waals surface area contributed by atoms with Gasteiger partial charge < -0.3 is 10.5 Å². The van der Waals surface area contributed by atoms with Crippen LogP contribution < -0.4 is 15.2 Å². The highest BCUT2D eigenvalue weighted by Crippen LogP contribution is 2.35. The summed E-state index contributed by atoms with van der Waals surface area (Å²) >= 11 is 12.8. The molecule has 0 radical (unpaired) electrons. The molecule has 0 saturated carbocycles. The number of amidine groups is 1.